The van der Waals surface area contributed by atoms with Crippen molar-refractivity contribution in [2.75, 3.05) is 16.0 Å². The van der Waals surface area contributed by atoms with Gasteiger partial charge in [0.15, 0.2) is 5.82 Å². The van der Waals surface area contributed by atoms with E-state index in [0.717, 1.165) is 31.2 Å². The fourth-order valence-electron chi connectivity index (χ4n) is 3.95. The van der Waals surface area contributed by atoms with E-state index in [-0.39, 0.29) is 10.7 Å². The van der Waals surface area contributed by atoms with E-state index in [0.29, 0.717) is 10.6 Å². The molecule has 0 radical (unpaired) electrons. The minimum atomic E-state index is -1.51. The second kappa shape index (κ2) is 11.1. The Balaban J connectivity index is 1.57. The maximum absolute atomic E-state index is 14.7. The van der Waals surface area contributed by atoms with Crippen LogP contribution in [0.5, 0.6) is 0 Å². The van der Waals surface area contributed by atoms with Gasteiger partial charge in [-0.2, -0.15) is 0 Å². The number of carbonyl (C=O) groups excluding carboxylic acids is 3. The molecule has 2 atom stereocenters. The largest absolute Gasteiger partial charge is 0.326 e. The topological polar surface area (TPSA) is 87.3 Å². The average Bonchev–Trinajstić information content (AvgIpc) is 3.44. The molecule has 0 spiro atoms. The van der Waals surface area contributed by atoms with Crippen molar-refractivity contribution >= 4 is 92.8 Å². The van der Waals surface area contributed by atoms with Crippen LogP contribution >= 0.6 is 58.0 Å². The van der Waals surface area contributed by atoms with Gasteiger partial charge >= 0.3 is 0 Å². The van der Waals surface area contributed by atoms with Crippen LogP contribution in [-0.4, -0.2) is 22.1 Å². The van der Waals surface area contributed by atoms with Gasteiger partial charge in [0.25, 0.3) is 5.91 Å². The van der Waals surface area contributed by atoms with Gasteiger partial charge in [0.2, 0.25) is 11.8 Å². The standard InChI is InChI=1S/C25H15Cl5F3N3O3/c1-9(37)34-17-5-4-15(31)22(21(17)33)36-23(38)12-7-11(8-16(32)20(12)28)35-24(39)19-18(25(19,29)30)10-2-3-13(26)14(27)6-10/h2-8,18-19H,1H3,(H,34,37)(H,35,39)(H,36,38)/t18-,19?/m0/s1. The molecule has 3 amide bonds. The van der Waals surface area contributed by atoms with Crippen LogP contribution in [0.4, 0.5) is 30.2 Å². The monoisotopic (exact) mass is 637 g/mol. The van der Waals surface area contributed by atoms with Crippen LogP contribution in [0.2, 0.25) is 15.1 Å². The molecule has 0 heterocycles. The van der Waals surface area contributed by atoms with E-state index in [1.165, 1.54) is 12.1 Å². The number of benzene rings is 3. The van der Waals surface area contributed by atoms with Crippen LogP contribution < -0.4 is 16.0 Å². The third kappa shape index (κ3) is 5.93. The SMILES string of the molecule is CC(=O)Nc1ccc(F)c(NC(=O)c2cc(NC(=O)C3[C@H](c4ccc(Cl)c(Cl)c4)C3(Cl)Cl)cc(F)c2Cl)c1F. The van der Waals surface area contributed by atoms with Gasteiger partial charge in [0.05, 0.1) is 32.2 Å². The molecule has 204 valence electrons. The van der Waals surface area contributed by atoms with Crippen molar-refractivity contribution in [2.45, 2.75) is 17.2 Å². The Morgan fingerprint density at radius 3 is 2.18 bits per heavy atom. The maximum Gasteiger partial charge on any atom is 0.257 e. The van der Waals surface area contributed by atoms with Crippen LogP contribution in [0.25, 0.3) is 0 Å². The van der Waals surface area contributed by atoms with Crippen LogP contribution in [-0.2, 0) is 9.59 Å². The quantitative estimate of drug-likeness (QED) is 0.241. The molecule has 0 aliphatic heterocycles. The van der Waals surface area contributed by atoms with E-state index in [4.69, 9.17) is 58.0 Å². The number of nitrogens with one attached hydrogen (secondary N) is 3. The summed E-state index contributed by atoms with van der Waals surface area (Å²) in [6, 6.07) is 8.27. The lowest BCUT2D eigenvalue weighted by Crippen LogP contribution is -2.19. The molecule has 0 aromatic heterocycles. The summed E-state index contributed by atoms with van der Waals surface area (Å²) in [5, 5.41) is 6.40. The lowest BCUT2D eigenvalue weighted by Gasteiger charge is -2.13. The molecule has 1 aliphatic carbocycles. The molecular weight excluding hydrogens is 625 g/mol. The minimum absolute atomic E-state index is 0.205. The Bertz CT molecular complexity index is 1540. The Hall–Kier alpha value is -2.69. The van der Waals surface area contributed by atoms with Gasteiger partial charge in [-0.1, -0.05) is 40.9 Å². The van der Waals surface area contributed by atoms with Crippen LogP contribution in [0.1, 0.15) is 28.8 Å². The molecule has 1 saturated carbocycles. The van der Waals surface area contributed by atoms with E-state index in [2.05, 4.69) is 10.6 Å². The van der Waals surface area contributed by atoms with Crippen LogP contribution in [0.3, 0.4) is 0 Å². The highest BCUT2D eigenvalue weighted by Crippen LogP contribution is 2.65. The summed E-state index contributed by atoms with van der Waals surface area (Å²) in [4.78, 5) is 37.1. The van der Waals surface area contributed by atoms with Crippen molar-refractivity contribution in [3.8, 4) is 0 Å². The summed E-state index contributed by atoms with van der Waals surface area (Å²) in [5.41, 5.74) is -1.51. The Morgan fingerprint density at radius 2 is 1.54 bits per heavy atom. The number of anilines is 3. The normalized spacial score (nSPS) is 17.4. The van der Waals surface area contributed by atoms with Gasteiger partial charge < -0.3 is 16.0 Å². The summed E-state index contributed by atoms with van der Waals surface area (Å²) in [7, 11) is 0. The second-order valence-electron chi connectivity index (χ2n) is 8.53. The zero-order chi connectivity index (χ0) is 28.8. The van der Waals surface area contributed by atoms with E-state index >= 15 is 0 Å². The molecule has 1 fully saturated rings. The number of carbonyl (C=O) groups is 3. The Kier molecular flexibility index (Phi) is 8.31. The zero-order valence-corrected chi connectivity index (χ0v) is 23.2. The average molecular weight is 640 g/mol. The number of amides is 3. The summed E-state index contributed by atoms with van der Waals surface area (Å²) in [6.45, 7) is 1.11. The van der Waals surface area contributed by atoms with E-state index < -0.39 is 73.3 Å². The summed E-state index contributed by atoms with van der Waals surface area (Å²) in [6.07, 6.45) is 0. The van der Waals surface area contributed by atoms with Crippen molar-refractivity contribution in [1.82, 2.24) is 0 Å². The van der Waals surface area contributed by atoms with Crippen molar-refractivity contribution in [3.05, 3.63) is 86.1 Å². The number of alkyl halides is 2. The summed E-state index contributed by atoms with van der Waals surface area (Å²) >= 11 is 30.6. The summed E-state index contributed by atoms with van der Waals surface area (Å²) in [5.74, 6) is -7.73. The van der Waals surface area contributed by atoms with Gasteiger partial charge in [0.1, 0.15) is 21.7 Å². The molecular formula is C25H15Cl5F3N3O3. The number of halogens is 8. The molecule has 3 aromatic rings. The lowest BCUT2D eigenvalue weighted by atomic mass is 10.1. The molecule has 14 heteroatoms. The molecule has 6 nitrogen and oxygen atoms in total. The molecule has 3 N–H and O–H groups in total. The lowest BCUT2D eigenvalue weighted by molar-refractivity contribution is -0.117. The Labute approximate surface area is 244 Å². The predicted octanol–water partition coefficient (Wildman–Crippen LogP) is 7.80. The summed E-state index contributed by atoms with van der Waals surface area (Å²) < 4.78 is 42.1. The van der Waals surface area contributed by atoms with Crippen molar-refractivity contribution in [1.29, 1.82) is 0 Å². The van der Waals surface area contributed by atoms with Gasteiger partial charge in [0, 0.05) is 18.5 Å². The second-order valence-corrected chi connectivity index (χ2v) is 11.2. The molecule has 3 aromatic carbocycles. The highest BCUT2D eigenvalue weighted by atomic mass is 35.5. The van der Waals surface area contributed by atoms with Gasteiger partial charge in [-0.15, -0.1) is 23.2 Å². The fourth-order valence-corrected chi connectivity index (χ4v) is 5.28. The smallest absolute Gasteiger partial charge is 0.257 e. The molecule has 1 aliphatic rings. The highest BCUT2D eigenvalue weighted by Gasteiger charge is 2.67. The van der Waals surface area contributed by atoms with E-state index in [1.54, 1.807) is 6.07 Å². The fraction of sp³-hybridized carbons (Fsp3) is 0.160. The molecule has 0 bridgehead atoms. The van der Waals surface area contributed by atoms with Gasteiger partial charge in [-0.3, -0.25) is 14.4 Å². The van der Waals surface area contributed by atoms with Gasteiger partial charge in [-0.25, -0.2) is 13.2 Å². The minimum Gasteiger partial charge on any atom is -0.326 e. The number of hydrogen-bond acceptors (Lipinski definition) is 3. The number of rotatable bonds is 6. The third-order valence-electron chi connectivity index (χ3n) is 5.82. The third-order valence-corrected chi connectivity index (χ3v) is 7.88. The van der Waals surface area contributed by atoms with E-state index in [1.807, 2.05) is 5.32 Å². The van der Waals surface area contributed by atoms with Crippen LogP contribution in [0.15, 0.2) is 42.5 Å². The van der Waals surface area contributed by atoms with Crippen molar-refractivity contribution in [3.63, 3.8) is 0 Å². The zero-order valence-electron chi connectivity index (χ0n) is 19.4. The first-order valence-electron chi connectivity index (χ1n) is 10.9. The van der Waals surface area contributed by atoms with Crippen LogP contribution in [0, 0.1) is 23.4 Å². The first kappa shape index (κ1) is 29.3. The Morgan fingerprint density at radius 1 is 0.846 bits per heavy atom. The van der Waals surface area contributed by atoms with Gasteiger partial charge in [-0.05, 0) is 42.0 Å². The maximum atomic E-state index is 14.7. The molecule has 39 heavy (non-hydrogen) atoms. The van der Waals surface area contributed by atoms with Crippen molar-refractivity contribution in [2.24, 2.45) is 5.92 Å². The predicted molar refractivity (Wildman–Crippen MR) is 146 cm³/mol. The molecule has 4 rings (SSSR count). The first-order chi connectivity index (χ1) is 18.2. The van der Waals surface area contributed by atoms with E-state index in [9.17, 15) is 27.6 Å². The molecule has 1 unspecified atom stereocenters. The van der Waals surface area contributed by atoms with Crippen molar-refractivity contribution < 1.29 is 27.6 Å². The first-order valence-corrected chi connectivity index (χ1v) is 12.8. The highest BCUT2D eigenvalue weighted by molar-refractivity contribution is 6.53. The number of hydrogen-bond donors (Lipinski definition) is 3. The molecule has 0 saturated heterocycles.